The van der Waals surface area contributed by atoms with E-state index in [1.807, 2.05) is 49.7 Å². The Morgan fingerprint density at radius 3 is 1.48 bits per heavy atom. The van der Waals surface area contributed by atoms with E-state index in [0.717, 1.165) is 50.5 Å². The predicted molar refractivity (Wildman–Crippen MR) is 230 cm³/mol. The molecule has 0 aliphatic heterocycles. The molecule has 0 radical (unpaired) electrons. The van der Waals surface area contributed by atoms with E-state index in [2.05, 4.69) is 121 Å². The van der Waals surface area contributed by atoms with Crippen molar-refractivity contribution in [1.29, 1.82) is 0 Å². The molecule has 56 heavy (non-hydrogen) atoms. The van der Waals surface area contributed by atoms with Gasteiger partial charge in [0.25, 0.3) is 0 Å². The molecule has 7 aromatic rings. The van der Waals surface area contributed by atoms with E-state index in [9.17, 15) is 4.57 Å². The monoisotopic (exact) mass is 747 g/mol. The van der Waals surface area contributed by atoms with Crippen molar-refractivity contribution in [3.63, 3.8) is 0 Å². The van der Waals surface area contributed by atoms with Crippen molar-refractivity contribution >= 4 is 12.4 Å². The average Bonchev–Trinajstić information content (AvgIpc) is 3.24. The van der Waals surface area contributed by atoms with Gasteiger partial charge < -0.3 is 4.57 Å². The number of rotatable bonds is 8. The third-order valence-electron chi connectivity index (χ3n) is 13.1. The van der Waals surface area contributed by atoms with Crippen molar-refractivity contribution in [3.8, 4) is 56.4 Å². The minimum absolute atomic E-state index is 0.0387. The standard InChI is InChI=1S/C51H46N3OP/c1-56(2,55)45-17-11-16-40(33-45)36-20-24-41(25-21-36)51(43-29-34-28-35(31-43)32-44(51)30-34)42-26-22-39(23-27-42)49-52-48(38-14-7-4-8-15-38)53-50(54-49)47-19-10-9-18-46(47)37-12-5-3-6-13-37/h3-27,33-35,43-44H,28-32H2,1-2H3. The second-order valence-corrected chi connectivity index (χ2v) is 20.0. The normalized spacial score (nSPS) is 22.6. The topological polar surface area (TPSA) is 55.7 Å². The fraction of sp³-hybridized carbons (Fsp3) is 0.235. The molecule has 0 N–H and O–H groups in total. The molecule has 6 aromatic carbocycles. The summed E-state index contributed by atoms with van der Waals surface area (Å²) in [6, 6.07) is 56.1. The molecule has 4 bridgehead atoms. The summed E-state index contributed by atoms with van der Waals surface area (Å²) in [4.78, 5) is 15.4. The van der Waals surface area contributed by atoms with Gasteiger partial charge in [0.15, 0.2) is 17.5 Å². The van der Waals surface area contributed by atoms with Gasteiger partial charge in [-0.1, -0.05) is 152 Å². The van der Waals surface area contributed by atoms with Crippen LogP contribution in [0.3, 0.4) is 0 Å². The van der Waals surface area contributed by atoms with Crippen molar-refractivity contribution in [2.75, 3.05) is 13.3 Å². The van der Waals surface area contributed by atoms with Crippen LogP contribution in [-0.2, 0) is 9.98 Å². The van der Waals surface area contributed by atoms with Gasteiger partial charge in [0, 0.05) is 27.4 Å². The van der Waals surface area contributed by atoms with Crippen molar-refractivity contribution in [2.45, 2.75) is 37.5 Å². The molecule has 0 spiro atoms. The van der Waals surface area contributed by atoms with Crippen molar-refractivity contribution in [1.82, 2.24) is 15.0 Å². The summed E-state index contributed by atoms with van der Waals surface area (Å²) in [7, 11) is -2.35. The van der Waals surface area contributed by atoms with Crippen LogP contribution < -0.4 is 5.30 Å². The van der Waals surface area contributed by atoms with E-state index < -0.39 is 7.14 Å². The summed E-state index contributed by atoms with van der Waals surface area (Å²) in [5, 5.41) is 0.929. The van der Waals surface area contributed by atoms with E-state index >= 15 is 0 Å². The number of hydrogen-bond donors (Lipinski definition) is 0. The van der Waals surface area contributed by atoms with Crippen LogP contribution in [0.25, 0.3) is 56.4 Å². The summed E-state index contributed by atoms with van der Waals surface area (Å²) in [5.74, 6) is 4.95. The maximum absolute atomic E-state index is 12.9. The molecule has 0 unspecified atom stereocenters. The number of benzene rings is 6. The third-order valence-corrected chi connectivity index (χ3v) is 14.7. The van der Waals surface area contributed by atoms with Crippen LogP contribution in [0.4, 0.5) is 0 Å². The van der Waals surface area contributed by atoms with Gasteiger partial charge in [0.1, 0.15) is 7.14 Å². The number of hydrogen-bond acceptors (Lipinski definition) is 4. The first-order valence-corrected chi connectivity index (χ1v) is 22.8. The Bertz CT molecular complexity index is 2550. The lowest BCUT2D eigenvalue weighted by atomic mass is 9.42. The summed E-state index contributed by atoms with van der Waals surface area (Å²) >= 11 is 0. The summed E-state index contributed by atoms with van der Waals surface area (Å²) < 4.78 is 12.9. The highest BCUT2D eigenvalue weighted by molar-refractivity contribution is 7.70. The molecule has 4 fully saturated rings. The molecule has 1 aromatic heterocycles. The molecule has 0 saturated heterocycles. The highest BCUT2D eigenvalue weighted by atomic mass is 31.2. The van der Waals surface area contributed by atoms with Gasteiger partial charge >= 0.3 is 0 Å². The molecule has 0 amide bonds. The fourth-order valence-corrected chi connectivity index (χ4v) is 11.7. The van der Waals surface area contributed by atoms with E-state index in [-0.39, 0.29) is 5.41 Å². The molecule has 4 aliphatic rings. The molecule has 276 valence electrons. The molecule has 11 rings (SSSR count). The van der Waals surface area contributed by atoms with Gasteiger partial charge in [-0.05, 0) is 109 Å². The summed E-state index contributed by atoms with van der Waals surface area (Å²) in [6.45, 7) is 3.70. The largest absolute Gasteiger partial charge is 0.319 e. The van der Waals surface area contributed by atoms with E-state index in [1.165, 1.54) is 48.8 Å². The number of aromatic nitrogens is 3. The Balaban J connectivity index is 1.07. The lowest BCUT2D eigenvalue weighted by molar-refractivity contribution is -0.0418. The van der Waals surface area contributed by atoms with Crippen LogP contribution in [0.15, 0.2) is 158 Å². The van der Waals surface area contributed by atoms with Gasteiger partial charge in [0.05, 0.1) is 0 Å². The van der Waals surface area contributed by atoms with Crippen molar-refractivity contribution in [2.24, 2.45) is 23.7 Å². The van der Waals surface area contributed by atoms with Gasteiger partial charge in [-0.3, -0.25) is 0 Å². The Kier molecular flexibility index (Phi) is 8.71. The van der Waals surface area contributed by atoms with Crippen LogP contribution in [0.1, 0.15) is 43.2 Å². The zero-order valence-electron chi connectivity index (χ0n) is 32.1. The van der Waals surface area contributed by atoms with Crippen LogP contribution in [-0.4, -0.2) is 28.3 Å². The van der Waals surface area contributed by atoms with Crippen molar-refractivity contribution in [3.05, 3.63) is 169 Å². The maximum Gasteiger partial charge on any atom is 0.164 e. The average molecular weight is 748 g/mol. The number of nitrogens with zero attached hydrogens (tertiary/aromatic N) is 3. The Labute approximate surface area is 330 Å². The van der Waals surface area contributed by atoms with Crippen LogP contribution in [0.5, 0.6) is 0 Å². The highest BCUT2D eigenvalue weighted by Gasteiger charge is 2.58. The quantitative estimate of drug-likeness (QED) is 0.145. The maximum atomic E-state index is 12.9. The first-order chi connectivity index (χ1) is 27.3. The van der Waals surface area contributed by atoms with E-state index in [1.54, 1.807) is 0 Å². The zero-order chi connectivity index (χ0) is 37.9. The zero-order valence-corrected chi connectivity index (χ0v) is 32.9. The Morgan fingerprint density at radius 1 is 0.446 bits per heavy atom. The molecule has 4 aliphatic carbocycles. The molecule has 0 atom stereocenters. The van der Waals surface area contributed by atoms with Gasteiger partial charge in [0.2, 0.25) is 0 Å². The fourth-order valence-electron chi connectivity index (χ4n) is 10.8. The third kappa shape index (κ3) is 6.16. The first-order valence-electron chi connectivity index (χ1n) is 20.2. The molecule has 5 heteroatoms. The van der Waals surface area contributed by atoms with Crippen LogP contribution in [0, 0.1) is 23.7 Å². The van der Waals surface area contributed by atoms with Gasteiger partial charge in [-0.25, -0.2) is 15.0 Å². The van der Waals surface area contributed by atoms with Crippen molar-refractivity contribution < 1.29 is 4.57 Å². The lowest BCUT2D eigenvalue weighted by Crippen LogP contribution is -2.56. The smallest absolute Gasteiger partial charge is 0.164 e. The molecule has 1 heterocycles. The van der Waals surface area contributed by atoms with E-state index in [4.69, 9.17) is 15.0 Å². The minimum atomic E-state index is -2.35. The molecular formula is C51H46N3OP. The van der Waals surface area contributed by atoms with Crippen LogP contribution in [0.2, 0.25) is 0 Å². The second kappa shape index (κ2) is 13.9. The summed E-state index contributed by atoms with van der Waals surface area (Å²) in [5.41, 5.74) is 10.3. The predicted octanol–water partition coefficient (Wildman–Crippen LogP) is 12.2. The second-order valence-electron chi connectivity index (χ2n) is 16.8. The lowest BCUT2D eigenvalue weighted by Gasteiger charge is -2.62. The van der Waals surface area contributed by atoms with Crippen LogP contribution >= 0.6 is 7.14 Å². The molecule has 4 nitrogen and oxygen atoms in total. The Morgan fingerprint density at radius 2 is 0.911 bits per heavy atom. The highest BCUT2D eigenvalue weighted by Crippen LogP contribution is 2.65. The SMILES string of the molecule is CP(C)(=O)c1cccc(-c2ccc(C3(c4ccc(-c5nc(-c6ccccc6)nc(-c6ccccc6-c6ccccc6)n5)cc4)C4CC5CC(C4)CC3C5)cc2)c1. The van der Waals surface area contributed by atoms with Gasteiger partial charge in [-0.2, -0.15) is 0 Å². The van der Waals surface area contributed by atoms with Gasteiger partial charge in [-0.15, -0.1) is 0 Å². The molecular weight excluding hydrogens is 702 g/mol. The summed E-state index contributed by atoms with van der Waals surface area (Å²) in [6.07, 6.45) is 6.63. The van der Waals surface area contributed by atoms with E-state index in [0.29, 0.717) is 29.3 Å². The Hall–Kier alpha value is -5.44. The minimum Gasteiger partial charge on any atom is -0.319 e. The molecule has 4 saturated carbocycles. The first kappa shape index (κ1) is 35.0.